The predicted molar refractivity (Wildman–Crippen MR) is 86.6 cm³/mol. The van der Waals surface area contributed by atoms with Crippen molar-refractivity contribution < 1.29 is 35.1 Å². The van der Waals surface area contributed by atoms with E-state index in [0.29, 0.717) is 22.4 Å². The third-order valence-electron chi connectivity index (χ3n) is 3.83. The smallest absolute Gasteiger partial charge is 0.387 e. The first-order valence-corrected chi connectivity index (χ1v) is 7.84. The van der Waals surface area contributed by atoms with Crippen molar-refractivity contribution in [1.29, 1.82) is 0 Å². The van der Waals surface area contributed by atoms with E-state index in [-0.39, 0.29) is 29.3 Å². The lowest BCUT2D eigenvalue weighted by Crippen LogP contribution is -3.00. The molecule has 1 aromatic heterocycles. The predicted octanol–water partition coefficient (Wildman–Crippen LogP) is 1.28. The third kappa shape index (κ3) is 3.42. The number of halogens is 4. The molecule has 3 rings (SSSR count). The van der Waals surface area contributed by atoms with Crippen LogP contribution in [0.15, 0.2) is 53.0 Å². The Hall–Kier alpha value is -1.60. The summed E-state index contributed by atoms with van der Waals surface area (Å²) in [6.07, 6.45) is 0. The van der Waals surface area contributed by atoms with Gasteiger partial charge in [0.2, 0.25) is 5.78 Å². The number of carbonyl (C=O) groups is 1. The molecule has 0 aliphatic carbocycles. The van der Waals surface area contributed by atoms with Gasteiger partial charge >= 0.3 is 6.55 Å². The van der Waals surface area contributed by atoms with Crippen LogP contribution in [0.4, 0.5) is 8.78 Å². The monoisotopic (exact) mass is 458 g/mol. The minimum atomic E-state index is -2.65. The van der Waals surface area contributed by atoms with Gasteiger partial charge in [-0.25, -0.2) is 4.57 Å². The van der Waals surface area contributed by atoms with Gasteiger partial charge in [0.05, 0.1) is 0 Å². The normalized spacial score (nSPS) is 10.9. The van der Waals surface area contributed by atoms with Gasteiger partial charge in [-0.3, -0.25) is 4.79 Å². The minimum Gasteiger partial charge on any atom is -1.00 e. The fourth-order valence-corrected chi connectivity index (χ4v) is 2.96. The molecule has 0 spiro atoms. The van der Waals surface area contributed by atoms with Crippen molar-refractivity contribution in [2.24, 2.45) is 0 Å². The summed E-state index contributed by atoms with van der Waals surface area (Å²) in [4.78, 5) is 12.5. The Morgan fingerprint density at radius 3 is 2.42 bits per heavy atom. The van der Waals surface area contributed by atoms with E-state index in [1.54, 1.807) is 60.0 Å². The summed E-state index contributed by atoms with van der Waals surface area (Å²) >= 11 is 3.32. The number of Topliss-reactive ketones (excluding diaryl/α,β-unsaturated/α-hetero) is 1. The molecule has 3 aromatic rings. The topological polar surface area (TPSA) is 25.9 Å². The second-order valence-electron chi connectivity index (χ2n) is 5.20. The Bertz CT molecular complexity index is 876. The number of hydrogen-bond donors (Lipinski definition) is 0. The first-order valence-electron chi connectivity index (χ1n) is 7.05. The Morgan fingerprint density at radius 1 is 1.17 bits per heavy atom. The molecule has 0 atom stereocenters. The standard InChI is InChI=1S/C17H14BrF2N2O.BrH/c1-11-21(10-16(23)12-6-8-13(18)9-7-12)14-4-2-3-5-15(14)22(11)17(19)20;/h2-9,17H,10H2,1H3;1H/q+1;/p-1. The number of imidazole rings is 1. The fraction of sp³-hybridized carbons (Fsp3) is 0.176. The molecule has 126 valence electrons. The summed E-state index contributed by atoms with van der Waals surface area (Å²) < 4.78 is 30.1. The molecule has 0 saturated heterocycles. The first kappa shape index (κ1) is 18.7. The zero-order valence-electron chi connectivity index (χ0n) is 12.7. The number of carbonyl (C=O) groups excluding carboxylic acids is 1. The molecule has 1 heterocycles. The molecule has 24 heavy (non-hydrogen) atoms. The maximum Gasteiger partial charge on any atom is 0.387 e. The lowest BCUT2D eigenvalue weighted by molar-refractivity contribution is -0.664. The number of rotatable bonds is 4. The van der Waals surface area contributed by atoms with Gasteiger partial charge in [0.25, 0.3) is 5.82 Å². The van der Waals surface area contributed by atoms with E-state index in [0.717, 1.165) is 9.04 Å². The molecule has 0 radical (unpaired) electrons. The van der Waals surface area contributed by atoms with Crippen LogP contribution in [0.5, 0.6) is 0 Å². The number of alkyl halides is 2. The highest BCUT2D eigenvalue weighted by Crippen LogP contribution is 2.21. The van der Waals surface area contributed by atoms with Crippen molar-refractivity contribution in [1.82, 2.24) is 4.57 Å². The molecule has 0 amide bonds. The van der Waals surface area contributed by atoms with Gasteiger partial charge < -0.3 is 17.0 Å². The molecule has 0 bridgehead atoms. The molecule has 0 aliphatic rings. The second-order valence-corrected chi connectivity index (χ2v) is 6.12. The van der Waals surface area contributed by atoms with Crippen LogP contribution in [0, 0.1) is 6.92 Å². The lowest BCUT2D eigenvalue weighted by Gasteiger charge is -2.02. The summed E-state index contributed by atoms with van der Waals surface area (Å²) in [6, 6.07) is 13.9. The summed E-state index contributed by atoms with van der Waals surface area (Å²) in [6.45, 7) is -1.03. The Labute approximate surface area is 156 Å². The van der Waals surface area contributed by atoms with Gasteiger partial charge in [0.1, 0.15) is 0 Å². The molecule has 7 heteroatoms. The summed E-state index contributed by atoms with van der Waals surface area (Å²) in [5.41, 5.74) is 1.59. The van der Waals surface area contributed by atoms with Crippen LogP contribution >= 0.6 is 15.9 Å². The van der Waals surface area contributed by atoms with Crippen molar-refractivity contribution in [2.45, 2.75) is 20.0 Å². The van der Waals surface area contributed by atoms with Crippen molar-refractivity contribution in [2.75, 3.05) is 0 Å². The van der Waals surface area contributed by atoms with E-state index >= 15 is 0 Å². The van der Waals surface area contributed by atoms with Crippen LogP contribution in [-0.4, -0.2) is 10.4 Å². The molecule has 0 saturated carbocycles. The Kier molecular flexibility index (Phi) is 5.87. The lowest BCUT2D eigenvalue weighted by atomic mass is 10.1. The molecule has 0 N–H and O–H groups in total. The SMILES string of the molecule is Cc1n(C(F)F)c2ccccc2[n+]1CC(=O)c1ccc(Br)cc1.[Br-]. The van der Waals surface area contributed by atoms with Gasteiger partial charge in [0.15, 0.2) is 17.6 Å². The highest BCUT2D eigenvalue weighted by Gasteiger charge is 2.28. The maximum absolute atomic E-state index is 13.3. The highest BCUT2D eigenvalue weighted by molar-refractivity contribution is 9.10. The van der Waals surface area contributed by atoms with Crippen LogP contribution in [0.3, 0.4) is 0 Å². The number of benzene rings is 2. The number of aromatic nitrogens is 2. The van der Waals surface area contributed by atoms with Crippen LogP contribution in [-0.2, 0) is 6.54 Å². The number of para-hydroxylation sites is 2. The first-order chi connectivity index (χ1) is 11.0. The molecule has 0 fully saturated rings. The van der Waals surface area contributed by atoms with E-state index in [1.165, 1.54) is 0 Å². The van der Waals surface area contributed by atoms with Gasteiger partial charge in [-0.1, -0.05) is 40.2 Å². The maximum atomic E-state index is 13.3. The fourth-order valence-electron chi connectivity index (χ4n) is 2.69. The number of nitrogens with zero attached hydrogens (tertiary/aromatic N) is 2. The van der Waals surface area contributed by atoms with Crippen molar-refractivity contribution in [3.8, 4) is 0 Å². The van der Waals surface area contributed by atoms with Crippen LogP contribution in [0.25, 0.3) is 11.0 Å². The van der Waals surface area contributed by atoms with E-state index in [4.69, 9.17) is 0 Å². The minimum absolute atomic E-state index is 0. The Morgan fingerprint density at radius 2 is 1.79 bits per heavy atom. The second kappa shape index (κ2) is 7.53. The average molecular weight is 460 g/mol. The van der Waals surface area contributed by atoms with Crippen LogP contribution < -0.4 is 21.5 Å². The highest BCUT2D eigenvalue weighted by atomic mass is 79.9. The molecular formula is C17H14Br2F2N2O. The van der Waals surface area contributed by atoms with E-state index in [9.17, 15) is 13.6 Å². The molecule has 0 aliphatic heterocycles. The van der Waals surface area contributed by atoms with E-state index in [1.807, 2.05) is 0 Å². The summed E-state index contributed by atoms with van der Waals surface area (Å²) in [5.74, 6) is 0.231. The number of fused-ring (bicyclic) bond motifs is 1. The number of hydrogen-bond acceptors (Lipinski definition) is 1. The summed E-state index contributed by atoms with van der Waals surface area (Å²) in [7, 11) is 0. The third-order valence-corrected chi connectivity index (χ3v) is 4.36. The number of ketones is 1. The van der Waals surface area contributed by atoms with Crippen molar-refractivity contribution in [3.63, 3.8) is 0 Å². The van der Waals surface area contributed by atoms with Crippen LogP contribution in [0.2, 0.25) is 0 Å². The van der Waals surface area contributed by atoms with Gasteiger partial charge in [-0.2, -0.15) is 13.3 Å². The quantitative estimate of drug-likeness (QED) is 0.426. The molecule has 3 nitrogen and oxygen atoms in total. The van der Waals surface area contributed by atoms with Gasteiger partial charge in [0, 0.05) is 17.0 Å². The molecular weight excluding hydrogens is 446 g/mol. The zero-order chi connectivity index (χ0) is 16.6. The summed E-state index contributed by atoms with van der Waals surface area (Å²) in [5, 5.41) is 0. The van der Waals surface area contributed by atoms with Crippen molar-refractivity contribution in [3.05, 3.63) is 64.4 Å². The Balaban J connectivity index is 0.00000208. The average Bonchev–Trinajstić information content (AvgIpc) is 2.80. The molecule has 0 unspecified atom stereocenters. The largest absolute Gasteiger partial charge is 1.00 e. The van der Waals surface area contributed by atoms with Gasteiger partial charge in [-0.15, -0.1) is 0 Å². The van der Waals surface area contributed by atoms with E-state index < -0.39 is 6.55 Å². The van der Waals surface area contributed by atoms with Crippen LogP contribution in [0.1, 0.15) is 22.7 Å². The molecule has 2 aromatic carbocycles. The zero-order valence-corrected chi connectivity index (χ0v) is 15.9. The van der Waals surface area contributed by atoms with Gasteiger partial charge in [-0.05, 0) is 24.3 Å². The van der Waals surface area contributed by atoms with Crippen molar-refractivity contribution >= 4 is 32.7 Å². The van der Waals surface area contributed by atoms with E-state index in [2.05, 4.69) is 15.9 Å².